The number of rotatable bonds is 2. The Kier molecular flexibility index (Phi) is 3.07. The Morgan fingerprint density at radius 3 is 2.85 bits per heavy atom. The normalized spacial score (nSPS) is 50.7. The van der Waals surface area contributed by atoms with Crippen molar-refractivity contribution in [2.24, 2.45) is 17.8 Å². The molecule has 1 spiro atoms. The van der Waals surface area contributed by atoms with E-state index in [0.717, 1.165) is 19.3 Å². The summed E-state index contributed by atoms with van der Waals surface area (Å²) < 4.78 is 6.17. The molecule has 1 saturated carbocycles. The summed E-state index contributed by atoms with van der Waals surface area (Å²) in [6.45, 7) is 3.74. The van der Waals surface area contributed by atoms with E-state index in [-0.39, 0.29) is 35.7 Å². The van der Waals surface area contributed by atoms with Gasteiger partial charge in [0.2, 0.25) is 0 Å². The van der Waals surface area contributed by atoms with Crippen molar-refractivity contribution in [2.45, 2.75) is 69.0 Å². The van der Waals surface area contributed by atoms with E-state index >= 15 is 0 Å². The van der Waals surface area contributed by atoms with Gasteiger partial charge in [-0.1, -0.05) is 25.1 Å². The van der Waals surface area contributed by atoms with Crippen LogP contribution in [0.5, 0.6) is 0 Å². The molecule has 0 aromatic heterocycles. The summed E-state index contributed by atoms with van der Waals surface area (Å²) in [6, 6.07) is 9.60. The van der Waals surface area contributed by atoms with Crippen molar-refractivity contribution < 1.29 is 14.6 Å². The number of aliphatic hydroxyl groups excluding tert-OH is 1. The van der Waals surface area contributed by atoms with Crippen molar-refractivity contribution in [3.8, 4) is 0 Å². The van der Waals surface area contributed by atoms with Crippen LogP contribution in [0.2, 0.25) is 0 Å². The highest BCUT2D eigenvalue weighted by atomic mass is 16.5. The van der Waals surface area contributed by atoms with Crippen LogP contribution < -0.4 is 4.90 Å². The Hall–Kier alpha value is -1.59. The molecule has 6 aliphatic rings. The fourth-order valence-corrected chi connectivity index (χ4v) is 8.21. The monoisotopic (exact) mass is 368 g/mol. The number of benzene rings is 1. The number of anilines is 1. The lowest BCUT2D eigenvalue weighted by atomic mass is 9.62. The SMILES string of the molecule is CC[C@@H]1[C@@H](O)N2[C@H]3CC45c6ccccc6N(C)[C@H]4[C@@H]2C[C@H]1C3[C@H]5OC(C)=O. The zero-order valence-electron chi connectivity index (χ0n) is 16.2. The number of hydrogen-bond donors (Lipinski definition) is 1. The van der Waals surface area contributed by atoms with Crippen LogP contribution >= 0.6 is 0 Å². The van der Waals surface area contributed by atoms with Gasteiger partial charge in [-0.3, -0.25) is 9.69 Å². The number of ether oxygens (including phenoxy) is 1. The number of para-hydroxylation sites is 1. The second kappa shape index (κ2) is 5.06. The predicted molar refractivity (Wildman–Crippen MR) is 101 cm³/mol. The van der Waals surface area contributed by atoms with Crippen LogP contribution in [0.25, 0.3) is 0 Å². The lowest BCUT2D eigenvalue weighted by Gasteiger charge is -2.62. The first kappa shape index (κ1) is 16.4. The average molecular weight is 368 g/mol. The highest BCUT2D eigenvalue weighted by Gasteiger charge is 2.77. The minimum Gasteiger partial charge on any atom is -0.461 e. The van der Waals surface area contributed by atoms with Gasteiger partial charge in [-0.2, -0.15) is 0 Å². The lowest BCUT2D eigenvalue weighted by molar-refractivity contribution is -0.212. The molecular weight excluding hydrogens is 340 g/mol. The van der Waals surface area contributed by atoms with E-state index < -0.39 is 0 Å². The molecule has 1 aliphatic carbocycles. The molecule has 5 nitrogen and oxygen atoms in total. The van der Waals surface area contributed by atoms with Crippen molar-refractivity contribution in [3.05, 3.63) is 29.8 Å². The summed E-state index contributed by atoms with van der Waals surface area (Å²) in [5.41, 5.74) is 2.49. The van der Waals surface area contributed by atoms with Gasteiger partial charge < -0.3 is 14.7 Å². The molecule has 0 radical (unpaired) electrons. The predicted octanol–water partition coefficient (Wildman–Crippen LogP) is 2.13. The first-order valence-electron chi connectivity index (χ1n) is 10.5. The van der Waals surface area contributed by atoms with Gasteiger partial charge in [0.05, 0.1) is 11.5 Å². The van der Waals surface area contributed by atoms with Gasteiger partial charge in [-0.15, -0.1) is 0 Å². The Bertz CT molecular complexity index is 828. The number of fused-ring (bicyclic) bond motifs is 2. The number of carbonyl (C=O) groups excluding carboxylic acids is 1. The molecule has 5 aliphatic heterocycles. The Morgan fingerprint density at radius 1 is 1.33 bits per heavy atom. The summed E-state index contributed by atoms with van der Waals surface area (Å²) in [7, 11) is 2.19. The third-order valence-electron chi connectivity index (χ3n) is 8.72. The average Bonchev–Trinajstić information content (AvgIpc) is 3.04. The van der Waals surface area contributed by atoms with Crippen LogP contribution in [0.15, 0.2) is 24.3 Å². The quantitative estimate of drug-likeness (QED) is 0.811. The number of carbonyl (C=O) groups is 1. The smallest absolute Gasteiger partial charge is 0.302 e. The molecule has 0 amide bonds. The molecule has 1 aromatic rings. The van der Waals surface area contributed by atoms with Gasteiger partial charge in [0.25, 0.3) is 0 Å². The number of likely N-dealkylation sites (N-methyl/N-ethyl adjacent to an activating group) is 1. The molecule has 27 heavy (non-hydrogen) atoms. The molecule has 5 heteroatoms. The molecule has 1 aromatic carbocycles. The fraction of sp³-hybridized carbons (Fsp3) is 0.682. The molecule has 3 unspecified atom stereocenters. The zero-order valence-corrected chi connectivity index (χ0v) is 16.2. The van der Waals surface area contributed by atoms with E-state index in [9.17, 15) is 9.90 Å². The van der Waals surface area contributed by atoms with E-state index in [4.69, 9.17) is 4.74 Å². The maximum Gasteiger partial charge on any atom is 0.302 e. The highest BCUT2D eigenvalue weighted by molar-refractivity contribution is 5.70. The van der Waals surface area contributed by atoms with Crippen LogP contribution in [0.3, 0.4) is 0 Å². The van der Waals surface area contributed by atoms with E-state index in [1.165, 1.54) is 11.3 Å². The number of piperidine rings is 4. The second-order valence-corrected chi connectivity index (χ2v) is 9.39. The molecule has 4 saturated heterocycles. The van der Waals surface area contributed by atoms with Crippen LogP contribution in [0, 0.1) is 17.8 Å². The molecule has 1 N–H and O–H groups in total. The minimum atomic E-state index is -0.355. The van der Waals surface area contributed by atoms with Crippen molar-refractivity contribution in [1.82, 2.24) is 4.90 Å². The molecule has 7 rings (SSSR count). The van der Waals surface area contributed by atoms with Crippen molar-refractivity contribution >= 4 is 11.7 Å². The van der Waals surface area contributed by atoms with Gasteiger partial charge in [0, 0.05) is 43.6 Å². The third-order valence-corrected chi connectivity index (χ3v) is 8.72. The van der Waals surface area contributed by atoms with Gasteiger partial charge >= 0.3 is 5.97 Å². The second-order valence-electron chi connectivity index (χ2n) is 9.39. The van der Waals surface area contributed by atoms with Crippen LogP contribution in [-0.4, -0.2) is 53.5 Å². The van der Waals surface area contributed by atoms with Gasteiger partial charge in [-0.25, -0.2) is 0 Å². The first-order valence-corrected chi connectivity index (χ1v) is 10.5. The molecule has 5 heterocycles. The largest absolute Gasteiger partial charge is 0.461 e. The first-order chi connectivity index (χ1) is 13.0. The molecule has 144 valence electrons. The molecular formula is C22H28N2O3. The van der Waals surface area contributed by atoms with Gasteiger partial charge in [0.15, 0.2) is 0 Å². The van der Waals surface area contributed by atoms with E-state index in [1.54, 1.807) is 6.92 Å². The molecule has 5 fully saturated rings. The number of nitrogens with zero attached hydrogens (tertiary/aromatic N) is 2. The molecule has 10 atom stereocenters. The van der Waals surface area contributed by atoms with E-state index in [2.05, 4.69) is 48.0 Å². The fourth-order valence-electron chi connectivity index (χ4n) is 8.21. The van der Waals surface area contributed by atoms with Crippen molar-refractivity contribution in [3.63, 3.8) is 0 Å². The highest BCUT2D eigenvalue weighted by Crippen LogP contribution is 2.69. The van der Waals surface area contributed by atoms with E-state index in [1.807, 2.05) is 0 Å². The van der Waals surface area contributed by atoms with Crippen LogP contribution in [0.4, 0.5) is 5.69 Å². The minimum absolute atomic E-state index is 0.0855. The standard InChI is InChI=1S/C22H28N2O3/c1-4-12-13-9-16-19-22(14-7-5-6-8-15(14)23(19)3)10-17(24(16)21(12)26)18(13)20(22)27-11(2)25/h5-8,12-13,16-21,26H,4,9-10H2,1-3H3/t12-,13+,16-,17-,18?,19-,20+,21+,22?/m0/s1. The Labute approximate surface area is 160 Å². The zero-order chi connectivity index (χ0) is 18.7. The summed E-state index contributed by atoms with van der Waals surface area (Å²) in [5.74, 6) is 0.897. The Balaban J connectivity index is 1.60. The van der Waals surface area contributed by atoms with Crippen LogP contribution in [-0.2, 0) is 14.9 Å². The third kappa shape index (κ3) is 1.64. The number of hydrogen-bond acceptors (Lipinski definition) is 5. The lowest BCUT2D eigenvalue weighted by Crippen LogP contribution is -2.72. The van der Waals surface area contributed by atoms with Crippen molar-refractivity contribution in [2.75, 3.05) is 11.9 Å². The topological polar surface area (TPSA) is 53.0 Å². The summed E-state index contributed by atoms with van der Waals surface area (Å²) in [5, 5.41) is 11.2. The van der Waals surface area contributed by atoms with Gasteiger partial charge in [0.1, 0.15) is 12.3 Å². The number of aliphatic hydroxyl groups is 1. The summed E-state index contributed by atoms with van der Waals surface area (Å²) >= 11 is 0. The van der Waals surface area contributed by atoms with Crippen LogP contribution in [0.1, 0.15) is 38.7 Å². The molecule has 5 bridgehead atoms. The summed E-state index contributed by atoms with van der Waals surface area (Å²) in [6.07, 6.45) is 2.64. The maximum atomic E-state index is 12.2. The van der Waals surface area contributed by atoms with E-state index in [0.29, 0.717) is 23.9 Å². The van der Waals surface area contributed by atoms with Gasteiger partial charge in [-0.05, 0) is 36.8 Å². The Morgan fingerprint density at radius 2 is 2.11 bits per heavy atom. The number of esters is 1. The van der Waals surface area contributed by atoms with Crippen molar-refractivity contribution in [1.29, 1.82) is 0 Å². The maximum absolute atomic E-state index is 12.2. The summed E-state index contributed by atoms with van der Waals surface area (Å²) in [4.78, 5) is 17.0.